The minimum Gasteiger partial charge on any atom is -0.350 e. The smallest absolute Gasteiger partial charge is 0.311 e. The molecule has 1 aromatic heterocycles. The molecule has 6 nitrogen and oxygen atoms in total. The molecule has 6 heteroatoms. The second kappa shape index (κ2) is 5.25. The molecular formula is C11H14N4O2. The van der Waals surface area contributed by atoms with Crippen molar-refractivity contribution in [2.75, 3.05) is 11.9 Å². The average molecular weight is 234 g/mol. The molecule has 0 bridgehead atoms. The number of nitriles is 1. The molecule has 0 saturated carbocycles. The van der Waals surface area contributed by atoms with Gasteiger partial charge in [-0.05, 0) is 19.9 Å². The molecule has 1 heterocycles. The second-order valence-corrected chi connectivity index (χ2v) is 3.87. The SMILES string of the molecule is Cc1ccc([N+](=O)[O-])c(N(C)C(C)CC#N)n1. The monoisotopic (exact) mass is 234 g/mol. The van der Waals surface area contributed by atoms with Crippen molar-refractivity contribution in [3.63, 3.8) is 0 Å². The van der Waals surface area contributed by atoms with Crippen LogP contribution in [0.25, 0.3) is 0 Å². The van der Waals surface area contributed by atoms with E-state index in [4.69, 9.17) is 5.26 Å². The summed E-state index contributed by atoms with van der Waals surface area (Å²) in [6.45, 7) is 3.60. The van der Waals surface area contributed by atoms with E-state index in [0.717, 1.165) is 0 Å². The van der Waals surface area contributed by atoms with Crippen molar-refractivity contribution in [1.29, 1.82) is 5.26 Å². The number of aryl methyl sites for hydroxylation is 1. The molecule has 1 rings (SSSR count). The van der Waals surface area contributed by atoms with Crippen LogP contribution in [-0.4, -0.2) is 23.0 Å². The fourth-order valence-electron chi connectivity index (χ4n) is 1.42. The van der Waals surface area contributed by atoms with E-state index in [-0.39, 0.29) is 11.7 Å². The molecule has 1 atom stereocenters. The molecule has 0 fully saturated rings. The van der Waals surface area contributed by atoms with E-state index in [1.54, 1.807) is 24.9 Å². The zero-order valence-electron chi connectivity index (χ0n) is 10.0. The van der Waals surface area contributed by atoms with Gasteiger partial charge in [-0.25, -0.2) is 4.98 Å². The predicted molar refractivity (Wildman–Crippen MR) is 63.7 cm³/mol. The second-order valence-electron chi connectivity index (χ2n) is 3.87. The van der Waals surface area contributed by atoms with E-state index in [0.29, 0.717) is 17.9 Å². The van der Waals surface area contributed by atoms with E-state index in [2.05, 4.69) is 4.98 Å². The number of rotatable bonds is 4. The van der Waals surface area contributed by atoms with Gasteiger partial charge in [0.2, 0.25) is 5.82 Å². The van der Waals surface area contributed by atoms with Crippen LogP contribution in [0.3, 0.4) is 0 Å². The number of aromatic nitrogens is 1. The molecule has 17 heavy (non-hydrogen) atoms. The Hall–Kier alpha value is -2.16. The predicted octanol–water partition coefficient (Wildman–Crippen LogP) is 2.04. The van der Waals surface area contributed by atoms with Gasteiger partial charge in [0.25, 0.3) is 0 Å². The maximum absolute atomic E-state index is 10.9. The van der Waals surface area contributed by atoms with Gasteiger partial charge in [0.15, 0.2) is 0 Å². The summed E-state index contributed by atoms with van der Waals surface area (Å²) in [4.78, 5) is 16.3. The molecule has 0 radical (unpaired) electrons. The summed E-state index contributed by atoms with van der Waals surface area (Å²) in [7, 11) is 1.71. The molecule has 1 unspecified atom stereocenters. The number of nitrogens with zero attached hydrogens (tertiary/aromatic N) is 4. The Morgan fingerprint density at radius 3 is 2.82 bits per heavy atom. The van der Waals surface area contributed by atoms with Gasteiger partial charge in [0.1, 0.15) is 0 Å². The minimum atomic E-state index is -0.461. The third-order valence-electron chi connectivity index (χ3n) is 2.57. The highest BCUT2D eigenvalue weighted by Crippen LogP contribution is 2.26. The number of nitro groups is 1. The van der Waals surface area contributed by atoms with Crippen LogP contribution >= 0.6 is 0 Å². The maximum Gasteiger partial charge on any atom is 0.311 e. The Morgan fingerprint density at radius 1 is 1.65 bits per heavy atom. The molecule has 0 amide bonds. The molecule has 0 aliphatic rings. The molecule has 0 saturated heterocycles. The summed E-state index contributed by atoms with van der Waals surface area (Å²) in [6, 6.07) is 4.96. The van der Waals surface area contributed by atoms with Crippen molar-refractivity contribution in [3.8, 4) is 6.07 Å². The Bertz CT molecular complexity index is 467. The molecule has 0 aliphatic carbocycles. The normalized spacial score (nSPS) is 11.6. The Labute approximate surface area is 99.6 Å². The lowest BCUT2D eigenvalue weighted by molar-refractivity contribution is -0.384. The summed E-state index contributed by atoms with van der Waals surface area (Å²) in [5, 5.41) is 19.5. The molecule has 0 aliphatic heterocycles. The summed E-state index contributed by atoms with van der Waals surface area (Å²) in [5.41, 5.74) is 0.671. The zero-order valence-corrected chi connectivity index (χ0v) is 10.0. The van der Waals surface area contributed by atoms with Gasteiger partial charge < -0.3 is 4.90 Å². The van der Waals surface area contributed by atoms with Crippen LogP contribution in [0.15, 0.2) is 12.1 Å². The highest BCUT2D eigenvalue weighted by molar-refractivity contribution is 5.58. The van der Waals surface area contributed by atoms with Crippen LogP contribution in [0, 0.1) is 28.4 Å². The number of hydrogen-bond acceptors (Lipinski definition) is 5. The Morgan fingerprint density at radius 2 is 2.29 bits per heavy atom. The fourth-order valence-corrected chi connectivity index (χ4v) is 1.42. The number of pyridine rings is 1. The van der Waals surface area contributed by atoms with Crippen molar-refractivity contribution >= 4 is 11.5 Å². The van der Waals surface area contributed by atoms with Gasteiger partial charge in [0.05, 0.1) is 17.4 Å². The van der Waals surface area contributed by atoms with E-state index in [1.165, 1.54) is 6.07 Å². The first-order valence-corrected chi connectivity index (χ1v) is 5.19. The van der Waals surface area contributed by atoms with Gasteiger partial charge in [-0.1, -0.05) is 0 Å². The molecule has 0 N–H and O–H groups in total. The van der Waals surface area contributed by atoms with E-state index >= 15 is 0 Å². The molecule has 1 aromatic rings. The van der Waals surface area contributed by atoms with Gasteiger partial charge in [0, 0.05) is 24.8 Å². The first-order chi connectivity index (χ1) is 7.97. The Kier molecular flexibility index (Phi) is 3.99. The topological polar surface area (TPSA) is 83.1 Å². The van der Waals surface area contributed by atoms with Crippen molar-refractivity contribution in [2.45, 2.75) is 26.3 Å². The highest BCUT2D eigenvalue weighted by atomic mass is 16.6. The lowest BCUT2D eigenvalue weighted by Gasteiger charge is -2.23. The van der Waals surface area contributed by atoms with Crippen molar-refractivity contribution in [2.24, 2.45) is 0 Å². The molecule has 90 valence electrons. The van der Waals surface area contributed by atoms with Gasteiger partial charge >= 0.3 is 5.69 Å². The number of hydrogen-bond donors (Lipinski definition) is 0. The number of anilines is 1. The van der Waals surface area contributed by atoms with Gasteiger partial charge in [-0.2, -0.15) is 5.26 Å². The maximum atomic E-state index is 10.9. The van der Waals surface area contributed by atoms with Gasteiger partial charge in [-0.15, -0.1) is 0 Å². The van der Waals surface area contributed by atoms with Crippen LogP contribution in [0.5, 0.6) is 0 Å². The van der Waals surface area contributed by atoms with Crippen LogP contribution in [0.1, 0.15) is 19.0 Å². The zero-order chi connectivity index (χ0) is 13.0. The summed E-state index contributed by atoms with van der Waals surface area (Å²) >= 11 is 0. The van der Waals surface area contributed by atoms with Crippen molar-refractivity contribution < 1.29 is 4.92 Å². The quantitative estimate of drug-likeness (QED) is 0.588. The van der Waals surface area contributed by atoms with Crippen LogP contribution < -0.4 is 4.90 Å². The van der Waals surface area contributed by atoms with Crippen LogP contribution in [0.2, 0.25) is 0 Å². The lowest BCUT2D eigenvalue weighted by atomic mass is 10.2. The van der Waals surface area contributed by atoms with Crippen molar-refractivity contribution in [3.05, 3.63) is 27.9 Å². The molecule has 0 aromatic carbocycles. The minimum absolute atomic E-state index is 0.0390. The molecular weight excluding hydrogens is 220 g/mol. The van der Waals surface area contributed by atoms with Crippen molar-refractivity contribution in [1.82, 2.24) is 4.98 Å². The Balaban J connectivity index is 3.15. The van der Waals surface area contributed by atoms with E-state index < -0.39 is 4.92 Å². The summed E-state index contributed by atoms with van der Waals surface area (Å²) in [6.07, 6.45) is 0.295. The highest BCUT2D eigenvalue weighted by Gasteiger charge is 2.21. The van der Waals surface area contributed by atoms with Crippen LogP contribution in [-0.2, 0) is 0 Å². The summed E-state index contributed by atoms with van der Waals surface area (Å²) in [5.74, 6) is 0.303. The lowest BCUT2D eigenvalue weighted by Crippen LogP contribution is -2.30. The average Bonchev–Trinajstić information content (AvgIpc) is 2.27. The van der Waals surface area contributed by atoms with Gasteiger partial charge in [-0.3, -0.25) is 10.1 Å². The first kappa shape index (κ1) is 12.9. The first-order valence-electron chi connectivity index (χ1n) is 5.19. The summed E-state index contributed by atoms with van der Waals surface area (Å²) < 4.78 is 0. The van der Waals surface area contributed by atoms with E-state index in [1.807, 2.05) is 13.0 Å². The third kappa shape index (κ3) is 2.91. The standard InChI is InChI=1S/C11H14N4O2/c1-8-4-5-10(15(16)17)11(13-8)14(3)9(2)6-7-12/h4-5,9H,6H2,1-3H3. The van der Waals surface area contributed by atoms with Crippen LogP contribution in [0.4, 0.5) is 11.5 Å². The third-order valence-corrected chi connectivity index (χ3v) is 2.57. The fraction of sp³-hybridized carbons (Fsp3) is 0.455. The van der Waals surface area contributed by atoms with E-state index in [9.17, 15) is 10.1 Å². The largest absolute Gasteiger partial charge is 0.350 e. The molecule has 0 spiro atoms.